The molecule has 0 aromatic carbocycles. The van der Waals surface area contributed by atoms with Gasteiger partial charge < -0.3 is 24.6 Å². The molecule has 0 radical (unpaired) electrons. The van der Waals surface area contributed by atoms with Crippen LogP contribution in [-0.4, -0.2) is 81.6 Å². The number of hydrogen-bond acceptors (Lipinski definition) is 6. The zero-order valence-electron chi connectivity index (χ0n) is 19.2. The number of likely N-dealkylation sites (N-methyl/N-ethyl adjacent to an activating group) is 2. The Labute approximate surface area is 179 Å². The number of carbonyl (C=O) groups is 4. The van der Waals surface area contributed by atoms with E-state index in [0.29, 0.717) is 26.0 Å². The van der Waals surface area contributed by atoms with Crippen LogP contribution in [0, 0.1) is 16.7 Å². The second-order valence-electron chi connectivity index (χ2n) is 9.50. The van der Waals surface area contributed by atoms with Gasteiger partial charge >= 0.3 is 12.0 Å². The molecule has 1 fully saturated rings. The first kappa shape index (κ1) is 25.7. The minimum absolute atomic E-state index is 0.0244. The number of hydrogen-bond donors (Lipinski definition) is 1. The predicted molar refractivity (Wildman–Crippen MR) is 112 cm³/mol. The van der Waals surface area contributed by atoms with Gasteiger partial charge in [-0.25, -0.2) is 4.79 Å². The third kappa shape index (κ3) is 8.59. The van der Waals surface area contributed by atoms with E-state index >= 15 is 0 Å². The number of urea groups is 1. The summed E-state index contributed by atoms with van der Waals surface area (Å²) < 4.78 is 9.26. The first-order chi connectivity index (χ1) is 13.9. The number of nitrogens with zero attached hydrogens (tertiary/aromatic N) is 2. The highest BCUT2D eigenvalue weighted by atomic mass is 16.5. The normalized spacial score (nSPS) is 22.5. The molecule has 9 heteroatoms. The van der Waals surface area contributed by atoms with Gasteiger partial charge in [0.05, 0.1) is 13.7 Å². The average Bonchev–Trinajstić information content (AvgIpc) is 2.64. The van der Waals surface area contributed by atoms with Crippen LogP contribution < -0.4 is 5.32 Å². The van der Waals surface area contributed by atoms with E-state index in [0.717, 1.165) is 19.3 Å². The molecular weight excluding hydrogens is 390 g/mol. The molecule has 1 N–H and O–H groups in total. The van der Waals surface area contributed by atoms with Crippen LogP contribution >= 0.6 is 0 Å². The highest BCUT2D eigenvalue weighted by Crippen LogP contribution is 2.49. The van der Waals surface area contributed by atoms with Crippen molar-refractivity contribution in [3.8, 4) is 0 Å². The van der Waals surface area contributed by atoms with Gasteiger partial charge in [-0.2, -0.15) is 0 Å². The molecule has 2 unspecified atom stereocenters. The lowest BCUT2D eigenvalue weighted by atomic mass is 9.60. The number of nitrogens with one attached hydrogen (secondary N) is 1. The Balaban J connectivity index is 2.67. The molecular formula is C21H37N3O6. The monoisotopic (exact) mass is 427 g/mol. The molecule has 0 heterocycles. The van der Waals surface area contributed by atoms with Gasteiger partial charge in [0.15, 0.2) is 0 Å². The number of amides is 3. The predicted octanol–water partition coefficient (Wildman–Crippen LogP) is 1.65. The van der Waals surface area contributed by atoms with Gasteiger partial charge in [-0.05, 0) is 36.0 Å². The maximum absolute atomic E-state index is 12.6. The van der Waals surface area contributed by atoms with E-state index in [4.69, 9.17) is 0 Å². The van der Waals surface area contributed by atoms with E-state index in [2.05, 4.69) is 35.6 Å². The lowest BCUT2D eigenvalue weighted by molar-refractivity contribution is -0.141. The van der Waals surface area contributed by atoms with Crippen molar-refractivity contribution in [2.75, 3.05) is 47.4 Å². The number of ether oxygens (including phenoxy) is 2. The fraction of sp³-hybridized carbons (Fsp3) is 0.810. The Morgan fingerprint density at radius 3 is 2.40 bits per heavy atom. The van der Waals surface area contributed by atoms with Gasteiger partial charge in [-0.3, -0.25) is 14.4 Å². The van der Waals surface area contributed by atoms with Gasteiger partial charge in [-0.15, -0.1) is 0 Å². The van der Waals surface area contributed by atoms with Crippen LogP contribution in [0.3, 0.4) is 0 Å². The van der Waals surface area contributed by atoms with E-state index in [-0.39, 0.29) is 41.8 Å². The van der Waals surface area contributed by atoms with E-state index in [9.17, 15) is 19.2 Å². The van der Waals surface area contributed by atoms with E-state index in [1.165, 1.54) is 12.0 Å². The standard InChI is InChI=1S/C21H37N3O6/c1-20(2)10-16(9-17(26)23(4)7-8-30-15-25)11-21(3,13-20)14-22-19(28)24(5)12-18(27)29-6/h15-16H,7-14H2,1-6H3,(H,22,28). The summed E-state index contributed by atoms with van der Waals surface area (Å²) in [6.45, 7) is 7.80. The summed E-state index contributed by atoms with van der Waals surface area (Å²) >= 11 is 0. The van der Waals surface area contributed by atoms with Crippen LogP contribution in [0.25, 0.3) is 0 Å². The van der Waals surface area contributed by atoms with Crippen LogP contribution in [0.5, 0.6) is 0 Å². The molecule has 9 nitrogen and oxygen atoms in total. The van der Waals surface area contributed by atoms with Crippen LogP contribution in [0.2, 0.25) is 0 Å². The average molecular weight is 428 g/mol. The van der Waals surface area contributed by atoms with Crippen LogP contribution in [-0.2, 0) is 23.9 Å². The summed E-state index contributed by atoms with van der Waals surface area (Å²) in [5.41, 5.74) is -0.118. The van der Waals surface area contributed by atoms with Crippen molar-refractivity contribution in [3.05, 3.63) is 0 Å². The molecule has 0 spiro atoms. The van der Waals surface area contributed by atoms with Gasteiger partial charge in [0, 0.05) is 27.1 Å². The maximum atomic E-state index is 12.6. The second-order valence-corrected chi connectivity index (χ2v) is 9.50. The molecule has 1 aliphatic carbocycles. The van der Waals surface area contributed by atoms with Crippen molar-refractivity contribution in [1.82, 2.24) is 15.1 Å². The van der Waals surface area contributed by atoms with E-state index < -0.39 is 5.97 Å². The number of rotatable bonds is 10. The minimum Gasteiger partial charge on any atom is -0.468 e. The highest BCUT2D eigenvalue weighted by Gasteiger charge is 2.42. The number of carbonyl (C=O) groups excluding carboxylic acids is 4. The SMILES string of the molecule is COC(=O)CN(C)C(=O)NCC1(C)CC(CC(=O)N(C)CCOC=O)CC(C)(C)C1. The minimum atomic E-state index is -0.473. The molecule has 2 atom stereocenters. The molecule has 0 bridgehead atoms. The van der Waals surface area contributed by atoms with Crippen molar-refractivity contribution >= 4 is 24.4 Å². The van der Waals surface area contributed by atoms with Crippen molar-refractivity contribution in [2.45, 2.75) is 46.5 Å². The summed E-state index contributed by atoms with van der Waals surface area (Å²) in [7, 11) is 4.54. The summed E-state index contributed by atoms with van der Waals surface area (Å²) in [6.07, 6.45) is 3.10. The van der Waals surface area contributed by atoms with Crippen molar-refractivity contribution in [2.24, 2.45) is 16.7 Å². The molecule has 0 aromatic rings. The first-order valence-electron chi connectivity index (χ1n) is 10.3. The Kier molecular flexibility index (Phi) is 9.58. The van der Waals surface area contributed by atoms with Gasteiger partial charge in [0.1, 0.15) is 13.2 Å². The summed E-state index contributed by atoms with van der Waals surface area (Å²) in [5.74, 6) is -0.249. The number of esters is 1. The Hall–Kier alpha value is -2.32. The van der Waals surface area contributed by atoms with Crippen molar-refractivity contribution in [3.63, 3.8) is 0 Å². The van der Waals surface area contributed by atoms with Crippen molar-refractivity contribution in [1.29, 1.82) is 0 Å². The lowest BCUT2D eigenvalue weighted by Crippen LogP contribution is -2.48. The summed E-state index contributed by atoms with van der Waals surface area (Å²) in [6, 6.07) is -0.326. The second kappa shape index (κ2) is 11.2. The third-order valence-corrected chi connectivity index (χ3v) is 5.64. The fourth-order valence-corrected chi connectivity index (χ4v) is 4.65. The van der Waals surface area contributed by atoms with Gasteiger partial charge in [0.25, 0.3) is 6.47 Å². The summed E-state index contributed by atoms with van der Waals surface area (Å²) in [4.78, 5) is 49.4. The fourth-order valence-electron chi connectivity index (χ4n) is 4.65. The summed E-state index contributed by atoms with van der Waals surface area (Å²) in [5, 5.41) is 2.93. The molecule has 1 rings (SSSR count). The van der Waals surface area contributed by atoms with E-state index in [1.54, 1.807) is 19.0 Å². The maximum Gasteiger partial charge on any atom is 0.325 e. The molecule has 3 amide bonds. The van der Waals surface area contributed by atoms with Crippen molar-refractivity contribution < 1.29 is 28.7 Å². The molecule has 0 aliphatic heterocycles. The Bertz CT molecular complexity index is 624. The Morgan fingerprint density at radius 1 is 1.13 bits per heavy atom. The molecule has 0 aromatic heterocycles. The molecule has 30 heavy (non-hydrogen) atoms. The molecule has 1 saturated carbocycles. The first-order valence-corrected chi connectivity index (χ1v) is 10.3. The lowest BCUT2D eigenvalue weighted by Gasteiger charge is -2.47. The topological polar surface area (TPSA) is 105 Å². The van der Waals surface area contributed by atoms with Crippen LogP contribution in [0.4, 0.5) is 4.79 Å². The van der Waals surface area contributed by atoms with Gasteiger partial charge in [-0.1, -0.05) is 20.8 Å². The molecule has 172 valence electrons. The molecule has 0 saturated heterocycles. The third-order valence-electron chi connectivity index (χ3n) is 5.64. The van der Waals surface area contributed by atoms with Crippen LogP contribution in [0.15, 0.2) is 0 Å². The van der Waals surface area contributed by atoms with Gasteiger partial charge in [0.2, 0.25) is 5.91 Å². The number of methoxy groups -OCH3 is 1. The quantitative estimate of drug-likeness (QED) is 0.323. The largest absolute Gasteiger partial charge is 0.468 e. The highest BCUT2D eigenvalue weighted by molar-refractivity contribution is 5.80. The smallest absolute Gasteiger partial charge is 0.325 e. The van der Waals surface area contributed by atoms with E-state index in [1.807, 2.05) is 0 Å². The zero-order valence-corrected chi connectivity index (χ0v) is 19.2. The zero-order chi connectivity index (χ0) is 22.9. The molecule has 1 aliphatic rings. The Morgan fingerprint density at radius 2 is 1.80 bits per heavy atom. The van der Waals surface area contributed by atoms with Crippen LogP contribution in [0.1, 0.15) is 46.5 Å².